The SMILES string of the molecule is Cc1ccc(CCC(=O)N2CCN(C(=O)C3CCCC3)CC2)c(C)c1. The van der Waals surface area contributed by atoms with Crippen LogP contribution in [0.1, 0.15) is 48.8 Å². The number of amides is 2. The maximum absolute atomic E-state index is 12.5. The van der Waals surface area contributed by atoms with Gasteiger partial charge in [-0.25, -0.2) is 0 Å². The average molecular weight is 342 g/mol. The third kappa shape index (κ3) is 4.42. The zero-order valence-electron chi connectivity index (χ0n) is 15.6. The number of hydrogen-bond acceptors (Lipinski definition) is 2. The molecule has 2 amide bonds. The van der Waals surface area contributed by atoms with Crippen LogP contribution >= 0.6 is 0 Å². The molecule has 2 fully saturated rings. The number of nitrogens with zero attached hydrogens (tertiary/aromatic N) is 2. The monoisotopic (exact) mass is 342 g/mol. The largest absolute Gasteiger partial charge is 0.339 e. The highest BCUT2D eigenvalue weighted by Crippen LogP contribution is 2.27. The van der Waals surface area contributed by atoms with Gasteiger partial charge in [0.2, 0.25) is 11.8 Å². The lowest BCUT2D eigenvalue weighted by Gasteiger charge is -2.36. The molecule has 3 rings (SSSR count). The predicted octanol–water partition coefficient (Wildman–Crippen LogP) is 3.10. The highest BCUT2D eigenvalue weighted by atomic mass is 16.2. The fourth-order valence-electron chi connectivity index (χ4n) is 4.13. The lowest BCUT2D eigenvalue weighted by molar-refractivity contribution is -0.142. The van der Waals surface area contributed by atoms with Crippen LogP contribution < -0.4 is 0 Å². The number of carbonyl (C=O) groups excluding carboxylic acids is 2. The quantitative estimate of drug-likeness (QED) is 0.844. The first-order valence-corrected chi connectivity index (χ1v) is 9.67. The van der Waals surface area contributed by atoms with E-state index in [1.165, 1.54) is 29.5 Å². The smallest absolute Gasteiger partial charge is 0.225 e. The standard InChI is InChI=1S/C21H30N2O2/c1-16-7-8-18(17(2)15-16)9-10-20(24)22-11-13-23(14-12-22)21(25)19-5-3-4-6-19/h7-8,15,19H,3-6,9-14H2,1-2H3. The number of rotatable bonds is 4. The van der Waals surface area contributed by atoms with Crippen molar-refractivity contribution in [2.24, 2.45) is 5.92 Å². The summed E-state index contributed by atoms with van der Waals surface area (Å²) in [6.07, 6.45) is 5.83. The van der Waals surface area contributed by atoms with Crippen LogP contribution in [0, 0.1) is 19.8 Å². The summed E-state index contributed by atoms with van der Waals surface area (Å²) in [5.41, 5.74) is 3.78. The molecule has 1 heterocycles. The van der Waals surface area contributed by atoms with E-state index in [1.807, 2.05) is 9.80 Å². The van der Waals surface area contributed by atoms with E-state index in [0.29, 0.717) is 38.5 Å². The van der Waals surface area contributed by atoms with Gasteiger partial charge < -0.3 is 9.80 Å². The summed E-state index contributed by atoms with van der Waals surface area (Å²) >= 11 is 0. The molecule has 25 heavy (non-hydrogen) atoms. The first-order chi connectivity index (χ1) is 12.0. The first-order valence-electron chi connectivity index (χ1n) is 9.67. The van der Waals surface area contributed by atoms with Gasteiger partial charge in [0.25, 0.3) is 0 Å². The van der Waals surface area contributed by atoms with Crippen molar-refractivity contribution in [1.82, 2.24) is 9.80 Å². The number of aryl methyl sites for hydroxylation is 3. The summed E-state index contributed by atoms with van der Waals surface area (Å²) in [7, 11) is 0. The van der Waals surface area contributed by atoms with Crippen molar-refractivity contribution in [1.29, 1.82) is 0 Å². The number of carbonyl (C=O) groups is 2. The van der Waals surface area contributed by atoms with Crippen LogP contribution in [0.3, 0.4) is 0 Å². The number of benzene rings is 1. The summed E-state index contributed by atoms with van der Waals surface area (Å²) in [6.45, 7) is 6.97. The highest BCUT2D eigenvalue weighted by Gasteiger charge is 2.30. The zero-order valence-corrected chi connectivity index (χ0v) is 15.6. The van der Waals surface area contributed by atoms with E-state index in [1.54, 1.807) is 0 Å². The van der Waals surface area contributed by atoms with E-state index < -0.39 is 0 Å². The molecule has 1 saturated carbocycles. The van der Waals surface area contributed by atoms with Gasteiger partial charge >= 0.3 is 0 Å². The van der Waals surface area contributed by atoms with Gasteiger partial charge in [0.05, 0.1) is 0 Å². The van der Waals surface area contributed by atoms with Gasteiger partial charge in [-0.3, -0.25) is 9.59 Å². The molecule has 1 aromatic rings. The minimum atomic E-state index is 0.216. The number of hydrogen-bond donors (Lipinski definition) is 0. The van der Waals surface area contributed by atoms with E-state index in [9.17, 15) is 9.59 Å². The van der Waals surface area contributed by atoms with Crippen LogP contribution in [0.15, 0.2) is 18.2 Å². The van der Waals surface area contributed by atoms with Gasteiger partial charge in [-0.2, -0.15) is 0 Å². The molecule has 0 radical (unpaired) electrons. The van der Waals surface area contributed by atoms with Gasteiger partial charge in [-0.1, -0.05) is 36.6 Å². The maximum Gasteiger partial charge on any atom is 0.225 e. The molecule has 1 saturated heterocycles. The second kappa shape index (κ2) is 8.03. The third-order valence-corrected chi connectivity index (χ3v) is 5.75. The van der Waals surface area contributed by atoms with Crippen molar-refractivity contribution in [3.63, 3.8) is 0 Å². The second-order valence-corrected chi connectivity index (χ2v) is 7.62. The minimum Gasteiger partial charge on any atom is -0.339 e. The van der Waals surface area contributed by atoms with Crippen molar-refractivity contribution in [3.8, 4) is 0 Å². The Labute approximate surface area is 151 Å². The molecule has 0 atom stereocenters. The fraction of sp³-hybridized carbons (Fsp3) is 0.619. The normalized spacial score (nSPS) is 18.6. The Morgan fingerprint density at radius 3 is 2.28 bits per heavy atom. The van der Waals surface area contributed by atoms with E-state index >= 15 is 0 Å². The molecule has 2 aliphatic rings. The Morgan fingerprint density at radius 1 is 1.00 bits per heavy atom. The fourth-order valence-corrected chi connectivity index (χ4v) is 4.13. The molecule has 4 heteroatoms. The Kier molecular flexibility index (Phi) is 5.77. The molecule has 0 unspecified atom stereocenters. The van der Waals surface area contributed by atoms with Gasteiger partial charge in [-0.15, -0.1) is 0 Å². The Hall–Kier alpha value is -1.84. The summed E-state index contributed by atoms with van der Waals surface area (Å²) in [4.78, 5) is 28.9. The van der Waals surface area contributed by atoms with Crippen molar-refractivity contribution >= 4 is 11.8 Å². The predicted molar refractivity (Wildman–Crippen MR) is 99.4 cm³/mol. The molecular formula is C21H30N2O2. The topological polar surface area (TPSA) is 40.6 Å². The van der Waals surface area contributed by atoms with E-state index in [2.05, 4.69) is 32.0 Å². The van der Waals surface area contributed by atoms with Crippen LogP contribution in [0.5, 0.6) is 0 Å². The van der Waals surface area contributed by atoms with Gasteiger partial charge in [0.1, 0.15) is 0 Å². The molecule has 1 aliphatic heterocycles. The van der Waals surface area contributed by atoms with Crippen molar-refractivity contribution in [2.45, 2.75) is 52.4 Å². The first kappa shape index (κ1) is 18.0. The third-order valence-electron chi connectivity index (χ3n) is 5.75. The number of piperazine rings is 1. The van der Waals surface area contributed by atoms with Crippen LogP contribution in [0.25, 0.3) is 0 Å². The Bertz CT molecular complexity index is 627. The van der Waals surface area contributed by atoms with Gasteiger partial charge in [-0.05, 0) is 44.2 Å². The van der Waals surface area contributed by atoms with Crippen LogP contribution in [0.4, 0.5) is 0 Å². The lowest BCUT2D eigenvalue weighted by Crippen LogP contribution is -2.51. The van der Waals surface area contributed by atoms with Crippen LogP contribution in [-0.2, 0) is 16.0 Å². The van der Waals surface area contributed by atoms with E-state index in [4.69, 9.17) is 0 Å². The van der Waals surface area contributed by atoms with Crippen molar-refractivity contribution in [3.05, 3.63) is 34.9 Å². The summed E-state index contributed by atoms with van der Waals surface area (Å²) < 4.78 is 0. The molecule has 4 nitrogen and oxygen atoms in total. The second-order valence-electron chi connectivity index (χ2n) is 7.62. The van der Waals surface area contributed by atoms with Crippen LogP contribution in [-0.4, -0.2) is 47.8 Å². The van der Waals surface area contributed by atoms with Crippen molar-refractivity contribution < 1.29 is 9.59 Å². The maximum atomic E-state index is 12.5. The van der Waals surface area contributed by atoms with Crippen LogP contribution in [0.2, 0.25) is 0 Å². The van der Waals surface area contributed by atoms with Gasteiger partial charge in [0.15, 0.2) is 0 Å². The zero-order chi connectivity index (χ0) is 17.8. The summed E-state index contributed by atoms with van der Waals surface area (Å²) in [6, 6.07) is 6.42. The lowest BCUT2D eigenvalue weighted by atomic mass is 10.0. The van der Waals surface area contributed by atoms with Gasteiger partial charge in [0, 0.05) is 38.5 Å². The molecule has 0 aromatic heterocycles. The molecular weight excluding hydrogens is 312 g/mol. The molecule has 0 N–H and O–H groups in total. The molecule has 0 bridgehead atoms. The highest BCUT2D eigenvalue weighted by molar-refractivity contribution is 5.80. The van der Waals surface area contributed by atoms with E-state index in [0.717, 1.165) is 19.3 Å². The molecule has 1 aliphatic carbocycles. The van der Waals surface area contributed by atoms with E-state index in [-0.39, 0.29) is 11.8 Å². The van der Waals surface area contributed by atoms with Crippen molar-refractivity contribution in [2.75, 3.05) is 26.2 Å². The molecule has 0 spiro atoms. The summed E-state index contributed by atoms with van der Waals surface area (Å²) in [5, 5.41) is 0. The Balaban J connectivity index is 1.45. The average Bonchev–Trinajstić information content (AvgIpc) is 3.15. The molecule has 136 valence electrons. The Morgan fingerprint density at radius 2 is 1.64 bits per heavy atom. The summed E-state index contributed by atoms with van der Waals surface area (Å²) in [5.74, 6) is 0.777. The minimum absolute atomic E-state index is 0.216. The molecule has 1 aromatic carbocycles.